The van der Waals surface area contributed by atoms with Gasteiger partial charge in [-0.2, -0.15) is 0 Å². The molecule has 0 aliphatic carbocycles. The van der Waals surface area contributed by atoms with Gasteiger partial charge in [0.15, 0.2) is 17.6 Å². The molecule has 0 atom stereocenters. The maximum atomic E-state index is 10.2. The number of alkyl halides is 1. The summed E-state index contributed by atoms with van der Waals surface area (Å²) in [5.41, 5.74) is 9.24. The molecule has 0 aliphatic rings. The number of nitrogens with zero attached hydrogens (tertiary/aromatic N) is 13. The molecule has 0 radical (unpaired) electrons. The van der Waals surface area contributed by atoms with Crippen LogP contribution in [0.15, 0.2) is 188 Å². The van der Waals surface area contributed by atoms with Crippen LogP contribution in [-0.2, 0) is 25.6 Å². The van der Waals surface area contributed by atoms with Gasteiger partial charge >= 0.3 is 0 Å². The Hall–Kier alpha value is -8.67. The minimum absolute atomic E-state index is 0.109. The lowest BCUT2D eigenvalue weighted by atomic mass is 10.2. The van der Waals surface area contributed by atoms with Gasteiger partial charge in [-0.3, -0.25) is 14.9 Å². The quantitative estimate of drug-likeness (QED) is 0.0342. The van der Waals surface area contributed by atoms with Gasteiger partial charge in [0, 0.05) is 58.5 Å². The number of para-hydroxylation sites is 1. The molecule has 23 heteroatoms. The van der Waals surface area contributed by atoms with Crippen molar-refractivity contribution < 1.29 is 27.8 Å². The Morgan fingerprint density at radius 3 is 1.58 bits per heavy atom. The predicted molar refractivity (Wildman–Crippen MR) is 308 cm³/mol. The normalized spacial score (nSPS) is 10.2. The van der Waals surface area contributed by atoms with Crippen molar-refractivity contribution in [3.63, 3.8) is 0 Å². The van der Waals surface area contributed by atoms with E-state index in [1.807, 2.05) is 125 Å². The van der Waals surface area contributed by atoms with E-state index in [-0.39, 0.29) is 11.3 Å². The zero-order chi connectivity index (χ0) is 55.7. The summed E-state index contributed by atoms with van der Waals surface area (Å²) in [6.07, 6.45) is 13.7. The molecule has 0 spiro atoms. The number of nitro groups is 1. The number of aromatic nitrogens is 12. The van der Waals surface area contributed by atoms with Crippen LogP contribution in [0.2, 0.25) is 0 Å². The molecule has 0 aliphatic heterocycles. The number of carbonyl (C=O) groups excluding carboxylic acids is 1. The number of aldehydes is 1. The third kappa shape index (κ3) is 15.7. The maximum absolute atomic E-state index is 10.2. The van der Waals surface area contributed by atoms with Gasteiger partial charge in [-0.1, -0.05) is 149 Å². The highest BCUT2D eigenvalue weighted by molar-refractivity contribution is 9.09. The third-order valence-electron chi connectivity index (χ3n) is 10.4. The fourth-order valence-electron chi connectivity index (χ4n) is 6.81. The molecular formula is C55H54BrN13O7S2. The van der Waals surface area contributed by atoms with E-state index in [1.165, 1.54) is 23.8 Å². The number of halogens is 1. The molecule has 8 heterocycles. The fraction of sp³-hybridized carbons (Fsp3) is 0.182. The van der Waals surface area contributed by atoms with Crippen LogP contribution >= 0.6 is 39.5 Å². The lowest BCUT2D eigenvalue weighted by Crippen LogP contribution is -1.92. The van der Waals surface area contributed by atoms with Crippen molar-refractivity contribution in [1.82, 2.24) is 59.7 Å². The van der Waals surface area contributed by atoms with Gasteiger partial charge in [0.25, 0.3) is 5.69 Å². The van der Waals surface area contributed by atoms with Gasteiger partial charge < -0.3 is 27.2 Å². The third-order valence-corrected chi connectivity index (χ3v) is 12.4. The predicted octanol–water partition coefficient (Wildman–Crippen LogP) is 14.1. The summed E-state index contributed by atoms with van der Waals surface area (Å²) in [5.74, 6) is 1.57. The summed E-state index contributed by atoms with van der Waals surface area (Å²) < 4.78 is 23.2. The van der Waals surface area contributed by atoms with Crippen molar-refractivity contribution in [1.29, 1.82) is 0 Å². The molecule has 5 aromatic carbocycles. The van der Waals surface area contributed by atoms with E-state index >= 15 is 0 Å². The molecule has 0 bridgehead atoms. The Morgan fingerprint density at radius 2 is 1.04 bits per heavy atom. The summed E-state index contributed by atoms with van der Waals surface area (Å²) in [5, 5.41) is 32.6. The van der Waals surface area contributed by atoms with Crippen molar-refractivity contribution in [2.45, 2.75) is 56.2 Å². The topological polar surface area (TPSA) is 252 Å². The first kappa shape index (κ1) is 58.6. The fourth-order valence-corrected chi connectivity index (χ4v) is 8.63. The second-order valence-corrected chi connectivity index (χ2v) is 18.4. The molecule has 78 heavy (non-hydrogen) atoms. The Kier molecular flexibility index (Phi) is 23.1. The molecule has 20 nitrogen and oxygen atoms in total. The lowest BCUT2D eigenvalue weighted by Gasteiger charge is -2.02. The Balaban J connectivity index is 0.000000160. The van der Waals surface area contributed by atoms with E-state index in [4.69, 9.17) is 18.1 Å². The van der Waals surface area contributed by atoms with Gasteiger partial charge in [0.05, 0.1) is 23.1 Å². The lowest BCUT2D eigenvalue weighted by molar-refractivity contribution is -0.385. The van der Waals surface area contributed by atoms with Gasteiger partial charge in [0.1, 0.15) is 80.9 Å². The molecular weight excluding hydrogens is 1100 g/mol. The Morgan fingerprint density at radius 1 is 0.564 bits per heavy atom. The van der Waals surface area contributed by atoms with E-state index in [2.05, 4.69) is 84.7 Å². The maximum Gasteiger partial charge on any atom is 0.279 e. The second-order valence-electron chi connectivity index (χ2n) is 15.3. The second kappa shape index (κ2) is 30.8. The van der Waals surface area contributed by atoms with E-state index in [0.29, 0.717) is 6.29 Å². The van der Waals surface area contributed by atoms with Crippen LogP contribution in [0, 0.1) is 10.1 Å². The first-order valence-electron chi connectivity index (χ1n) is 24.2. The Labute approximate surface area is 464 Å². The number of fused-ring (bicyclic) bond motifs is 6. The van der Waals surface area contributed by atoms with Crippen molar-refractivity contribution in [3.8, 4) is 0 Å². The van der Waals surface area contributed by atoms with E-state index in [9.17, 15) is 14.9 Å². The number of nitro benzene ring substituents is 1. The van der Waals surface area contributed by atoms with Crippen LogP contribution in [0.5, 0.6) is 0 Å². The summed E-state index contributed by atoms with van der Waals surface area (Å²) in [6.45, 7) is 10.0. The molecule has 8 aromatic heterocycles. The van der Waals surface area contributed by atoms with Crippen LogP contribution in [0.3, 0.4) is 0 Å². The van der Waals surface area contributed by atoms with Gasteiger partial charge in [-0.15, -0.1) is 0 Å². The highest BCUT2D eigenvalue weighted by Gasteiger charge is 2.13. The number of imidazole rings is 2. The average Bonchev–Trinajstić information content (AvgIpc) is 4.38. The molecule has 0 unspecified atom stereocenters. The van der Waals surface area contributed by atoms with Crippen molar-refractivity contribution >= 4 is 117 Å². The zero-order valence-electron chi connectivity index (χ0n) is 43.6. The number of rotatable bonds is 8. The van der Waals surface area contributed by atoms with Gasteiger partial charge in [-0.05, 0) is 59.7 Å². The Bertz CT molecular complexity index is 3790. The van der Waals surface area contributed by atoms with Crippen molar-refractivity contribution in [2.24, 2.45) is 14.1 Å². The molecule has 0 amide bonds. The summed E-state index contributed by atoms with van der Waals surface area (Å²) in [7, 11) is 3.85. The van der Waals surface area contributed by atoms with Gasteiger partial charge in [0.2, 0.25) is 0 Å². The molecule has 0 saturated heterocycles. The summed E-state index contributed by atoms with van der Waals surface area (Å²) in [6, 6.07) is 33.5. The van der Waals surface area contributed by atoms with Crippen molar-refractivity contribution in [3.05, 3.63) is 186 Å². The average molecular weight is 1150 g/mol. The van der Waals surface area contributed by atoms with E-state index in [1.54, 1.807) is 80.0 Å². The van der Waals surface area contributed by atoms with Crippen LogP contribution in [0.1, 0.15) is 56.1 Å². The van der Waals surface area contributed by atoms with Crippen LogP contribution in [-0.4, -0.2) is 76.2 Å². The smallest absolute Gasteiger partial charge is 0.279 e. The van der Waals surface area contributed by atoms with E-state index in [0.717, 1.165) is 98.4 Å². The van der Waals surface area contributed by atoms with Crippen LogP contribution < -0.4 is 0 Å². The summed E-state index contributed by atoms with van der Waals surface area (Å²) >= 11 is 6.42. The summed E-state index contributed by atoms with van der Waals surface area (Å²) in [4.78, 5) is 45.8. The first-order chi connectivity index (χ1) is 38.2. The SMILES string of the molecule is CC.CC.CCBr.Cn1cnc2c(SCc3ccc4nocc4c3)ncnc21.Cn1cnc2c(SCc3cccc4conc34)ncnc21.O=Cc1ccccc1[N+](=O)[O-].c1ccc2nocc2c1.c1ccc2nocc2c1. The number of hydrogen-bond acceptors (Lipinski definition) is 19. The molecule has 400 valence electrons. The number of benzene rings is 5. The standard InChI is InChI=1S/2C14H11N5OS.C7H5NO3.2C7H5NO.C2H5Br.2C2H6/c1-19-8-17-12-13(19)15-7-16-14(12)21-6-9-2-3-11-10(4-9)5-20-18-11;1-19-8-17-12-13(19)15-7-16-14(12)21-6-10-4-2-3-9-5-20-18-11(9)10;9-5-6-3-1-2-4-7(6)8(10)11;2*1-2-4-7-6(3-1)5-9-8-7;1-2-3;2*1-2/h2*2-5,7-8H,6H2,1H3;1-5H;2*1-5H;2H2,1H3;2*1-2H3. The monoisotopic (exact) mass is 1150 g/mol. The molecule has 13 aromatic rings. The van der Waals surface area contributed by atoms with Crippen molar-refractivity contribution in [2.75, 3.05) is 5.33 Å². The minimum atomic E-state index is -0.580. The highest BCUT2D eigenvalue weighted by atomic mass is 79.9. The molecule has 0 N–H and O–H groups in total. The molecule has 13 rings (SSSR count). The highest BCUT2D eigenvalue weighted by Crippen LogP contribution is 2.30. The number of thioether (sulfide) groups is 2. The largest absolute Gasteiger partial charge is 0.364 e. The van der Waals surface area contributed by atoms with Crippen LogP contribution in [0.25, 0.3) is 65.9 Å². The zero-order valence-corrected chi connectivity index (χ0v) is 46.8. The first-order valence-corrected chi connectivity index (χ1v) is 27.3. The van der Waals surface area contributed by atoms with E-state index < -0.39 is 4.92 Å². The number of hydrogen-bond donors (Lipinski definition) is 0. The molecule has 0 fully saturated rings. The van der Waals surface area contributed by atoms with Crippen LogP contribution in [0.4, 0.5) is 5.69 Å². The number of carbonyl (C=O) groups is 1. The molecule has 0 saturated carbocycles. The van der Waals surface area contributed by atoms with Gasteiger partial charge in [-0.25, -0.2) is 29.9 Å². The number of aryl methyl sites for hydroxylation is 2. The minimum Gasteiger partial charge on any atom is -0.364 e.